The summed E-state index contributed by atoms with van der Waals surface area (Å²) >= 11 is 9.42. The van der Waals surface area contributed by atoms with E-state index in [0.717, 1.165) is 40.6 Å². The van der Waals surface area contributed by atoms with Crippen LogP contribution in [0.25, 0.3) is 0 Å². The van der Waals surface area contributed by atoms with E-state index in [1.54, 1.807) is 0 Å². The lowest BCUT2D eigenvalue weighted by molar-refractivity contribution is 0.291. The van der Waals surface area contributed by atoms with E-state index in [1.807, 2.05) is 32.9 Å². The Kier molecular flexibility index (Phi) is 6.85. The Morgan fingerprint density at radius 3 is 2.65 bits per heavy atom. The van der Waals surface area contributed by atoms with Crippen molar-refractivity contribution < 1.29 is 4.74 Å². The highest BCUT2D eigenvalue weighted by Crippen LogP contribution is 2.29. The van der Waals surface area contributed by atoms with Crippen molar-refractivity contribution in [2.24, 2.45) is 5.41 Å². The molecule has 2 nitrogen and oxygen atoms in total. The maximum Gasteiger partial charge on any atom is 0.126 e. The Labute approximate surface area is 135 Å². The number of ether oxygens (including phenoxy) is 1. The number of halogens is 2. The van der Waals surface area contributed by atoms with E-state index in [4.69, 9.17) is 21.6 Å². The standard InChI is InChI=1S/C16H21BrClNO/c1-12-8-14(17)9-13(10-18)15(12)20-7-5-4-6-16(2,3)11-19/h8-9H,4-7,10H2,1-3H3. The molecule has 0 aliphatic rings. The summed E-state index contributed by atoms with van der Waals surface area (Å²) < 4.78 is 6.90. The molecule has 20 heavy (non-hydrogen) atoms. The first-order valence-electron chi connectivity index (χ1n) is 6.78. The monoisotopic (exact) mass is 357 g/mol. The van der Waals surface area contributed by atoms with E-state index >= 15 is 0 Å². The summed E-state index contributed by atoms with van der Waals surface area (Å²) in [6.07, 6.45) is 2.84. The van der Waals surface area contributed by atoms with E-state index < -0.39 is 0 Å². The first-order chi connectivity index (χ1) is 9.39. The van der Waals surface area contributed by atoms with Gasteiger partial charge in [-0.1, -0.05) is 15.9 Å². The Morgan fingerprint density at radius 2 is 2.05 bits per heavy atom. The van der Waals surface area contributed by atoms with Gasteiger partial charge >= 0.3 is 0 Å². The summed E-state index contributed by atoms with van der Waals surface area (Å²) in [4.78, 5) is 0. The summed E-state index contributed by atoms with van der Waals surface area (Å²) in [5.41, 5.74) is 1.86. The van der Waals surface area contributed by atoms with Gasteiger partial charge in [-0.05, 0) is 57.7 Å². The lowest BCUT2D eigenvalue weighted by atomic mass is 9.89. The number of hydrogen-bond acceptors (Lipinski definition) is 2. The fourth-order valence-electron chi connectivity index (χ4n) is 2.00. The fraction of sp³-hybridized carbons (Fsp3) is 0.562. The van der Waals surface area contributed by atoms with E-state index in [1.165, 1.54) is 0 Å². The maximum absolute atomic E-state index is 8.96. The third-order valence-corrected chi connectivity index (χ3v) is 3.95. The number of alkyl halides is 1. The molecule has 1 aromatic rings. The average molecular weight is 359 g/mol. The molecule has 0 fully saturated rings. The van der Waals surface area contributed by atoms with Crippen molar-refractivity contribution >= 4 is 27.5 Å². The third-order valence-electron chi connectivity index (χ3n) is 3.21. The van der Waals surface area contributed by atoms with Gasteiger partial charge in [-0.25, -0.2) is 0 Å². The summed E-state index contributed by atoms with van der Waals surface area (Å²) in [5.74, 6) is 1.33. The summed E-state index contributed by atoms with van der Waals surface area (Å²) in [6.45, 7) is 6.62. The predicted octanol–water partition coefficient (Wildman–Crippen LogP) is 5.60. The third kappa shape index (κ3) is 5.34. The minimum absolute atomic E-state index is 0.241. The Balaban J connectivity index is 2.49. The molecule has 0 radical (unpaired) electrons. The Hall–Kier alpha value is -0.720. The van der Waals surface area contributed by atoms with Crippen LogP contribution in [-0.2, 0) is 5.88 Å². The molecule has 0 saturated carbocycles. The van der Waals surface area contributed by atoms with Crippen LogP contribution in [0.3, 0.4) is 0 Å². The van der Waals surface area contributed by atoms with Crippen LogP contribution in [0, 0.1) is 23.7 Å². The SMILES string of the molecule is Cc1cc(Br)cc(CCl)c1OCCCCC(C)(C)C#N. The van der Waals surface area contributed by atoms with Crippen LogP contribution in [-0.4, -0.2) is 6.61 Å². The lowest BCUT2D eigenvalue weighted by Gasteiger charge is -2.16. The quantitative estimate of drug-likeness (QED) is 0.470. The van der Waals surface area contributed by atoms with Crippen LogP contribution < -0.4 is 4.74 Å². The number of hydrogen-bond donors (Lipinski definition) is 0. The smallest absolute Gasteiger partial charge is 0.126 e. The van der Waals surface area contributed by atoms with Gasteiger partial charge in [0.15, 0.2) is 0 Å². The van der Waals surface area contributed by atoms with Crippen LogP contribution in [0.15, 0.2) is 16.6 Å². The van der Waals surface area contributed by atoms with Gasteiger partial charge in [0, 0.05) is 10.0 Å². The van der Waals surface area contributed by atoms with Crippen molar-refractivity contribution in [3.63, 3.8) is 0 Å². The molecule has 0 amide bonds. The average Bonchev–Trinajstić information content (AvgIpc) is 2.39. The zero-order chi connectivity index (χ0) is 15.2. The number of benzene rings is 1. The van der Waals surface area contributed by atoms with Crippen LogP contribution >= 0.6 is 27.5 Å². The molecular weight excluding hydrogens is 338 g/mol. The second-order valence-corrected chi connectivity index (χ2v) is 6.83. The first kappa shape index (κ1) is 17.3. The van der Waals surface area contributed by atoms with Crippen LogP contribution in [0.5, 0.6) is 5.75 Å². The summed E-state index contributed by atoms with van der Waals surface area (Å²) in [5, 5.41) is 8.96. The molecular formula is C16H21BrClNO. The van der Waals surface area contributed by atoms with Crippen molar-refractivity contribution in [3.8, 4) is 11.8 Å². The zero-order valence-electron chi connectivity index (χ0n) is 12.3. The van der Waals surface area contributed by atoms with Gasteiger partial charge in [-0.2, -0.15) is 5.26 Å². The minimum Gasteiger partial charge on any atom is -0.493 e. The normalized spacial score (nSPS) is 11.2. The molecule has 0 atom stereocenters. The van der Waals surface area contributed by atoms with Gasteiger partial charge < -0.3 is 4.74 Å². The molecule has 0 spiro atoms. The molecule has 0 unspecified atom stereocenters. The van der Waals surface area contributed by atoms with Crippen molar-refractivity contribution in [3.05, 3.63) is 27.7 Å². The maximum atomic E-state index is 8.96. The van der Waals surface area contributed by atoms with Gasteiger partial charge in [0.1, 0.15) is 5.75 Å². The lowest BCUT2D eigenvalue weighted by Crippen LogP contribution is -2.09. The highest BCUT2D eigenvalue weighted by Gasteiger charge is 2.15. The molecule has 0 N–H and O–H groups in total. The molecule has 0 heterocycles. The number of aryl methyl sites for hydroxylation is 1. The highest BCUT2D eigenvalue weighted by molar-refractivity contribution is 9.10. The topological polar surface area (TPSA) is 33.0 Å². The molecule has 0 aliphatic carbocycles. The number of unbranched alkanes of at least 4 members (excludes halogenated alkanes) is 1. The van der Waals surface area contributed by atoms with Gasteiger partial charge in [-0.15, -0.1) is 11.6 Å². The molecule has 4 heteroatoms. The van der Waals surface area contributed by atoms with Gasteiger partial charge in [0.25, 0.3) is 0 Å². The van der Waals surface area contributed by atoms with Crippen LogP contribution in [0.1, 0.15) is 44.2 Å². The fourth-order valence-corrected chi connectivity index (χ4v) is 2.82. The Bertz CT molecular complexity index is 494. The summed E-state index contributed by atoms with van der Waals surface area (Å²) in [6, 6.07) is 6.35. The Morgan fingerprint density at radius 1 is 1.35 bits per heavy atom. The van der Waals surface area contributed by atoms with Crippen LogP contribution in [0.4, 0.5) is 0 Å². The number of rotatable bonds is 7. The minimum atomic E-state index is -0.241. The largest absolute Gasteiger partial charge is 0.493 e. The van der Waals surface area contributed by atoms with Crippen molar-refractivity contribution in [2.75, 3.05) is 6.61 Å². The number of nitrogens with zero attached hydrogens (tertiary/aromatic N) is 1. The van der Waals surface area contributed by atoms with Crippen molar-refractivity contribution in [2.45, 2.75) is 45.9 Å². The highest BCUT2D eigenvalue weighted by atomic mass is 79.9. The van der Waals surface area contributed by atoms with E-state index in [0.29, 0.717) is 12.5 Å². The van der Waals surface area contributed by atoms with Crippen molar-refractivity contribution in [1.82, 2.24) is 0 Å². The van der Waals surface area contributed by atoms with Crippen LogP contribution in [0.2, 0.25) is 0 Å². The molecule has 0 aliphatic heterocycles. The molecule has 1 rings (SSSR count). The first-order valence-corrected chi connectivity index (χ1v) is 8.11. The zero-order valence-corrected chi connectivity index (χ0v) is 14.6. The summed E-state index contributed by atoms with van der Waals surface area (Å²) in [7, 11) is 0. The second kappa shape index (κ2) is 7.90. The molecule has 0 bridgehead atoms. The van der Waals surface area contributed by atoms with E-state index in [2.05, 4.69) is 22.0 Å². The molecule has 110 valence electrons. The van der Waals surface area contributed by atoms with Gasteiger partial charge in [0.2, 0.25) is 0 Å². The van der Waals surface area contributed by atoms with Gasteiger partial charge in [0.05, 0.1) is 24.0 Å². The van der Waals surface area contributed by atoms with E-state index in [-0.39, 0.29) is 5.41 Å². The van der Waals surface area contributed by atoms with Crippen molar-refractivity contribution in [1.29, 1.82) is 5.26 Å². The number of nitriles is 1. The molecule has 1 aromatic carbocycles. The van der Waals surface area contributed by atoms with E-state index in [9.17, 15) is 0 Å². The predicted molar refractivity (Wildman–Crippen MR) is 87.2 cm³/mol. The molecule has 0 saturated heterocycles. The molecule has 0 aromatic heterocycles. The second-order valence-electron chi connectivity index (χ2n) is 5.65. The van der Waals surface area contributed by atoms with Gasteiger partial charge in [-0.3, -0.25) is 0 Å².